The predicted molar refractivity (Wildman–Crippen MR) is 119 cm³/mol. The predicted octanol–water partition coefficient (Wildman–Crippen LogP) is 2.80. The minimum Gasteiger partial charge on any atom is -0.493 e. The molecule has 10 heteroatoms. The third-order valence-corrected chi connectivity index (χ3v) is 4.43. The number of nitrogens with one attached hydrogen (secondary N) is 2. The minimum absolute atomic E-state index is 0.211. The van der Waals surface area contributed by atoms with Gasteiger partial charge in [0.15, 0.2) is 11.5 Å². The monoisotopic (exact) mass is 460 g/mol. The van der Waals surface area contributed by atoms with Gasteiger partial charge in [-0.15, -0.1) is 0 Å². The van der Waals surface area contributed by atoms with Crippen molar-refractivity contribution in [2.75, 3.05) is 41.0 Å². The number of methoxy groups -OCH3 is 3. The van der Waals surface area contributed by atoms with Crippen LogP contribution in [-0.4, -0.2) is 59.0 Å². The highest BCUT2D eigenvalue weighted by Crippen LogP contribution is 2.38. The molecule has 0 aliphatic heterocycles. The number of hydrogen-bond donors (Lipinski definition) is 2. The number of benzene rings is 2. The van der Waals surface area contributed by atoms with Crippen LogP contribution in [0.25, 0.3) is 0 Å². The van der Waals surface area contributed by atoms with Gasteiger partial charge in [-0.25, -0.2) is 4.79 Å². The summed E-state index contributed by atoms with van der Waals surface area (Å²) in [5.41, 5.74) is 0.770. The lowest BCUT2D eigenvalue weighted by Gasteiger charge is -2.14. The molecule has 0 fully saturated rings. The van der Waals surface area contributed by atoms with E-state index in [-0.39, 0.29) is 24.2 Å². The summed E-state index contributed by atoms with van der Waals surface area (Å²) in [5.74, 6) is 0.853. The number of amides is 2. The number of carbonyl (C=O) groups is 3. The molecule has 0 heterocycles. The zero-order chi connectivity index (χ0) is 24.2. The van der Waals surface area contributed by atoms with Crippen LogP contribution in [0.15, 0.2) is 36.4 Å². The summed E-state index contributed by atoms with van der Waals surface area (Å²) >= 11 is 0. The maximum atomic E-state index is 12.5. The summed E-state index contributed by atoms with van der Waals surface area (Å²) in [4.78, 5) is 36.0. The zero-order valence-corrected chi connectivity index (χ0v) is 19.1. The molecule has 0 unspecified atom stereocenters. The summed E-state index contributed by atoms with van der Waals surface area (Å²) in [6.07, 6.45) is -0.283. The number of carbonyl (C=O) groups excluding carboxylic acids is 3. The maximum Gasteiger partial charge on any atom is 0.513 e. The first-order valence-corrected chi connectivity index (χ1v) is 10.2. The lowest BCUT2D eigenvalue weighted by atomic mass is 10.1. The lowest BCUT2D eigenvalue weighted by molar-refractivity contribution is 0.0950. The van der Waals surface area contributed by atoms with Crippen molar-refractivity contribution in [3.8, 4) is 23.0 Å². The fourth-order valence-electron chi connectivity index (χ4n) is 2.83. The highest BCUT2D eigenvalue weighted by Gasteiger charge is 2.16. The Morgan fingerprint density at radius 1 is 0.788 bits per heavy atom. The summed E-state index contributed by atoms with van der Waals surface area (Å²) in [6.45, 7) is 2.59. The van der Waals surface area contributed by atoms with Gasteiger partial charge in [0.25, 0.3) is 11.8 Å². The van der Waals surface area contributed by atoms with E-state index in [1.807, 2.05) is 0 Å². The molecular weight excluding hydrogens is 432 g/mol. The average Bonchev–Trinajstić information content (AvgIpc) is 2.83. The third kappa shape index (κ3) is 7.30. The van der Waals surface area contributed by atoms with Crippen LogP contribution in [0.5, 0.6) is 23.0 Å². The van der Waals surface area contributed by atoms with E-state index < -0.39 is 6.16 Å². The molecule has 0 spiro atoms. The molecule has 0 aromatic heterocycles. The van der Waals surface area contributed by atoms with E-state index in [2.05, 4.69) is 15.4 Å². The average molecular weight is 460 g/mol. The van der Waals surface area contributed by atoms with Crippen LogP contribution in [-0.2, 0) is 4.74 Å². The molecule has 2 aromatic rings. The topological polar surface area (TPSA) is 121 Å². The van der Waals surface area contributed by atoms with Gasteiger partial charge in [0, 0.05) is 24.2 Å². The Hall–Kier alpha value is -3.95. The molecule has 2 rings (SSSR count). The normalized spacial score (nSPS) is 10.1. The van der Waals surface area contributed by atoms with Crippen molar-refractivity contribution in [3.05, 3.63) is 47.5 Å². The molecule has 0 radical (unpaired) electrons. The molecular formula is C23H28N2O8. The first kappa shape index (κ1) is 25.3. The molecule has 0 atom stereocenters. The lowest BCUT2D eigenvalue weighted by Crippen LogP contribution is -2.30. The third-order valence-electron chi connectivity index (χ3n) is 4.43. The fourth-order valence-corrected chi connectivity index (χ4v) is 2.83. The van der Waals surface area contributed by atoms with Crippen molar-refractivity contribution >= 4 is 18.0 Å². The van der Waals surface area contributed by atoms with Crippen LogP contribution in [0.3, 0.4) is 0 Å². The van der Waals surface area contributed by atoms with E-state index in [1.165, 1.54) is 45.6 Å². The molecule has 0 aliphatic carbocycles. The quantitative estimate of drug-likeness (QED) is 0.298. The zero-order valence-electron chi connectivity index (χ0n) is 19.1. The Morgan fingerprint density at radius 3 is 1.82 bits per heavy atom. The first-order valence-electron chi connectivity index (χ1n) is 10.2. The first-order chi connectivity index (χ1) is 15.9. The van der Waals surface area contributed by atoms with Crippen molar-refractivity contribution < 1.29 is 38.1 Å². The molecule has 0 saturated carbocycles. The second-order valence-electron chi connectivity index (χ2n) is 6.59. The molecule has 0 aliphatic rings. The van der Waals surface area contributed by atoms with Gasteiger partial charge in [0.05, 0.1) is 27.9 Å². The Kier molecular flexibility index (Phi) is 9.81. The van der Waals surface area contributed by atoms with Gasteiger partial charge in [-0.2, -0.15) is 0 Å². The van der Waals surface area contributed by atoms with E-state index >= 15 is 0 Å². The number of rotatable bonds is 11. The highest BCUT2D eigenvalue weighted by atomic mass is 16.7. The molecule has 2 aromatic carbocycles. The Bertz CT molecular complexity index is 934. The van der Waals surface area contributed by atoms with E-state index in [1.54, 1.807) is 19.1 Å². The largest absolute Gasteiger partial charge is 0.513 e. The van der Waals surface area contributed by atoms with E-state index in [0.29, 0.717) is 47.9 Å². The van der Waals surface area contributed by atoms with E-state index in [0.717, 1.165) is 0 Å². The van der Waals surface area contributed by atoms with Gasteiger partial charge in [-0.05, 0) is 49.7 Å². The maximum absolute atomic E-state index is 12.5. The highest BCUT2D eigenvalue weighted by molar-refractivity contribution is 5.96. The van der Waals surface area contributed by atoms with Crippen LogP contribution in [0.4, 0.5) is 4.79 Å². The number of hydrogen-bond acceptors (Lipinski definition) is 8. The van der Waals surface area contributed by atoms with Gasteiger partial charge in [0.1, 0.15) is 5.75 Å². The minimum atomic E-state index is -0.803. The van der Waals surface area contributed by atoms with Crippen molar-refractivity contribution in [1.82, 2.24) is 10.6 Å². The number of ether oxygens (including phenoxy) is 5. The van der Waals surface area contributed by atoms with Crippen molar-refractivity contribution in [2.45, 2.75) is 13.3 Å². The van der Waals surface area contributed by atoms with Gasteiger partial charge < -0.3 is 34.3 Å². The van der Waals surface area contributed by atoms with Crippen molar-refractivity contribution in [2.24, 2.45) is 0 Å². The Labute approximate surface area is 192 Å². The van der Waals surface area contributed by atoms with Crippen LogP contribution in [0.1, 0.15) is 34.1 Å². The van der Waals surface area contributed by atoms with Crippen molar-refractivity contribution in [1.29, 1.82) is 0 Å². The Balaban J connectivity index is 1.79. The second kappa shape index (κ2) is 12.8. The molecule has 0 bridgehead atoms. The molecule has 2 amide bonds. The van der Waals surface area contributed by atoms with Gasteiger partial charge in [-0.3, -0.25) is 9.59 Å². The van der Waals surface area contributed by atoms with E-state index in [9.17, 15) is 14.4 Å². The van der Waals surface area contributed by atoms with Crippen LogP contribution in [0, 0.1) is 0 Å². The van der Waals surface area contributed by atoms with Gasteiger partial charge in [0.2, 0.25) is 5.75 Å². The summed E-state index contributed by atoms with van der Waals surface area (Å²) in [5, 5.41) is 5.55. The molecule has 2 N–H and O–H groups in total. The van der Waals surface area contributed by atoms with Crippen LogP contribution in [0.2, 0.25) is 0 Å². The van der Waals surface area contributed by atoms with Crippen LogP contribution >= 0.6 is 0 Å². The summed E-state index contributed by atoms with van der Waals surface area (Å²) in [6, 6.07) is 9.21. The van der Waals surface area contributed by atoms with Crippen LogP contribution < -0.4 is 29.6 Å². The SMILES string of the molecule is CCOC(=O)Oc1ccc(C(=O)NCCCNC(=O)c2cc(OC)c(OC)c(OC)c2)cc1. The molecule has 33 heavy (non-hydrogen) atoms. The second-order valence-corrected chi connectivity index (χ2v) is 6.59. The van der Waals surface area contributed by atoms with E-state index in [4.69, 9.17) is 18.9 Å². The smallest absolute Gasteiger partial charge is 0.493 e. The fraction of sp³-hybridized carbons (Fsp3) is 0.348. The van der Waals surface area contributed by atoms with Crippen molar-refractivity contribution in [3.63, 3.8) is 0 Å². The summed E-state index contributed by atoms with van der Waals surface area (Å²) < 4.78 is 25.4. The molecule has 0 saturated heterocycles. The summed E-state index contributed by atoms with van der Waals surface area (Å²) in [7, 11) is 4.44. The standard InChI is InChI=1S/C23H28N2O8/c1-5-32-23(28)33-17-9-7-15(8-10-17)21(26)24-11-6-12-25-22(27)16-13-18(29-2)20(31-4)19(14-16)30-3/h7-10,13-14H,5-6,11-12H2,1-4H3,(H,24,26)(H,25,27). The molecule has 10 nitrogen and oxygen atoms in total. The molecule has 178 valence electrons. The van der Waals surface area contributed by atoms with Gasteiger partial charge in [-0.1, -0.05) is 0 Å². The Morgan fingerprint density at radius 2 is 1.33 bits per heavy atom. The van der Waals surface area contributed by atoms with Gasteiger partial charge >= 0.3 is 6.16 Å².